The van der Waals surface area contributed by atoms with Crippen LogP contribution in [-0.4, -0.2) is 5.75 Å². The van der Waals surface area contributed by atoms with E-state index in [1.165, 1.54) is 5.75 Å². The Labute approximate surface area is 52.5 Å². The Bertz CT molecular complexity index is 53.1. The van der Waals surface area contributed by atoms with Gasteiger partial charge in [0.1, 0.15) is 0 Å². The van der Waals surface area contributed by atoms with E-state index in [0.29, 0.717) is 0 Å². The SMILES string of the molecule is C1=CSSC1.C=C. The lowest BCUT2D eigenvalue weighted by atomic mass is 10.8. The van der Waals surface area contributed by atoms with Crippen LogP contribution in [0.4, 0.5) is 0 Å². The van der Waals surface area contributed by atoms with Crippen LogP contribution in [-0.2, 0) is 0 Å². The normalized spacial score (nSPS) is 15.4. The summed E-state index contributed by atoms with van der Waals surface area (Å²) in [4.78, 5) is 0. The lowest BCUT2D eigenvalue weighted by Crippen LogP contribution is -1.46. The summed E-state index contributed by atoms with van der Waals surface area (Å²) in [6, 6.07) is 0. The zero-order chi connectivity index (χ0) is 5.54. The van der Waals surface area contributed by atoms with Crippen LogP contribution in [0.1, 0.15) is 0 Å². The van der Waals surface area contributed by atoms with Gasteiger partial charge < -0.3 is 0 Å². The van der Waals surface area contributed by atoms with Crippen LogP contribution in [0, 0.1) is 0 Å². The molecule has 0 aromatic carbocycles. The predicted octanol–water partition coefficient (Wildman–Crippen LogP) is 2.70. The van der Waals surface area contributed by atoms with Crippen molar-refractivity contribution >= 4 is 21.6 Å². The monoisotopic (exact) mass is 132 g/mol. The minimum Gasteiger partial charge on any atom is -0.106 e. The van der Waals surface area contributed by atoms with Gasteiger partial charge in [0.2, 0.25) is 0 Å². The van der Waals surface area contributed by atoms with E-state index in [-0.39, 0.29) is 0 Å². The molecule has 0 aliphatic carbocycles. The molecule has 2 heteroatoms. The summed E-state index contributed by atoms with van der Waals surface area (Å²) in [6.07, 6.45) is 2.16. The second-order valence-corrected chi connectivity index (χ2v) is 3.07. The van der Waals surface area contributed by atoms with Gasteiger partial charge in [-0.05, 0) is 5.41 Å². The summed E-state index contributed by atoms with van der Waals surface area (Å²) in [7, 11) is 3.69. The van der Waals surface area contributed by atoms with Crippen molar-refractivity contribution in [2.24, 2.45) is 0 Å². The highest BCUT2D eigenvalue weighted by atomic mass is 33.1. The Kier molecular flexibility index (Phi) is 6.34. The molecule has 0 radical (unpaired) electrons. The molecule has 0 saturated carbocycles. The zero-order valence-electron chi connectivity index (χ0n) is 4.09. The van der Waals surface area contributed by atoms with E-state index in [1.807, 2.05) is 21.6 Å². The van der Waals surface area contributed by atoms with Gasteiger partial charge in [0.15, 0.2) is 0 Å². The molecule has 7 heavy (non-hydrogen) atoms. The van der Waals surface area contributed by atoms with Crippen LogP contribution in [0.25, 0.3) is 0 Å². The molecule has 0 spiro atoms. The van der Waals surface area contributed by atoms with Gasteiger partial charge in [-0.1, -0.05) is 27.7 Å². The fourth-order valence-corrected chi connectivity index (χ4v) is 1.77. The molecule has 0 amide bonds. The molecule has 0 N–H and O–H groups in total. The van der Waals surface area contributed by atoms with Crippen molar-refractivity contribution in [2.45, 2.75) is 0 Å². The fraction of sp³-hybridized carbons (Fsp3) is 0.200. The molecular formula is C5H8S2. The van der Waals surface area contributed by atoms with Gasteiger partial charge in [0.05, 0.1) is 0 Å². The smallest absolute Gasteiger partial charge is 0.0229 e. The van der Waals surface area contributed by atoms with E-state index in [0.717, 1.165) is 0 Å². The van der Waals surface area contributed by atoms with Crippen molar-refractivity contribution in [3.8, 4) is 0 Å². The molecule has 0 saturated heterocycles. The Hall–Kier alpha value is 0.180. The van der Waals surface area contributed by atoms with Crippen LogP contribution in [0.3, 0.4) is 0 Å². The molecule has 1 aliphatic rings. The molecule has 0 unspecified atom stereocenters. The molecule has 1 aliphatic heterocycles. The van der Waals surface area contributed by atoms with Crippen molar-refractivity contribution in [1.29, 1.82) is 0 Å². The highest BCUT2D eigenvalue weighted by molar-refractivity contribution is 8.78. The number of rotatable bonds is 0. The first kappa shape index (κ1) is 7.18. The maximum atomic E-state index is 3.00. The Morgan fingerprint density at radius 1 is 1.43 bits per heavy atom. The first-order chi connectivity index (χ1) is 3.50. The first-order valence-electron chi connectivity index (χ1n) is 1.93. The van der Waals surface area contributed by atoms with Gasteiger partial charge in [-0.3, -0.25) is 0 Å². The third kappa shape index (κ3) is 4.02. The van der Waals surface area contributed by atoms with Crippen molar-refractivity contribution in [2.75, 3.05) is 5.75 Å². The van der Waals surface area contributed by atoms with Crippen molar-refractivity contribution < 1.29 is 0 Å². The summed E-state index contributed by atoms with van der Waals surface area (Å²) in [6.45, 7) is 6.00. The molecule has 0 nitrogen and oxygen atoms in total. The van der Waals surface area contributed by atoms with Crippen LogP contribution < -0.4 is 0 Å². The lowest BCUT2D eigenvalue weighted by Gasteiger charge is -1.69. The Morgan fingerprint density at radius 2 is 2.14 bits per heavy atom. The van der Waals surface area contributed by atoms with Crippen LogP contribution >= 0.6 is 21.6 Å². The van der Waals surface area contributed by atoms with E-state index in [9.17, 15) is 0 Å². The largest absolute Gasteiger partial charge is 0.106 e. The van der Waals surface area contributed by atoms with Crippen molar-refractivity contribution in [3.63, 3.8) is 0 Å². The minimum atomic E-state index is 1.20. The summed E-state index contributed by atoms with van der Waals surface area (Å²) >= 11 is 0. The van der Waals surface area contributed by atoms with E-state index in [2.05, 4.69) is 24.6 Å². The molecule has 0 aromatic heterocycles. The summed E-state index contributed by atoms with van der Waals surface area (Å²) in [5, 5.41) is 2.12. The lowest BCUT2D eigenvalue weighted by molar-refractivity contribution is 1.85. The van der Waals surface area contributed by atoms with Gasteiger partial charge in [0.25, 0.3) is 0 Å². The molecule has 0 atom stereocenters. The molecule has 0 aromatic rings. The van der Waals surface area contributed by atoms with Gasteiger partial charge in [-0.2, -0.15) is 0 Å². The maximum absolute atomic E-state index is 3.00. The van der Waals surface area contributed by atoms with E-state index >= 15 is 0 Å². The third-order valence-electron chi connectivity index (χ3n) is 0.384. The maximum Gasteiger partial charge on any atom is 0.0229 e. The highest BCUT2D eigenvalue weighted by Crippen LogP contribution is 2.27. The second kappa shape index (κ2) is 6.18. The Balaban J connectivity index is 0.000000162. The van der Waals surface area contributed by atoms with Crippen molar-refractivity contribution in [3.05, 3.63) is 24.6 Å². The fourth-order valence-electron chi connectivity index (χ4n) is 0.196. The third-order valence-corrected chi connectivity index (χ3v) is 2.30. The van der Waals surface area contributed by atoms with Gasteiger partial charge in [-0.15, -0.1) is 13.2 Å². The van der Waals surface area contributed by atoms with E-state index < -0.39 is 0 Å². The zero-order valence-corrected chi connectivity index (χ0v) is 5.73. The Morgan fingerprint density at radius 3 is 2.29 bits per heavy atom. The van der Waals surface area contributed by atoms with Crippen molar-refractivity contribution in [1.82, 2.24) is 0 Å². The summed E-state index contributed by atoms with van der Waals surface area (Å²) in [5.74, 6) is 1.20. The molecule has 0 fully saturated rings. The van der Waals surface area contributed by atoms with E-state index in [4.69, 9.17) is 0 Å². The standard InChI is InChI=1S/C3H4S2.C2H4/c1-2-4-5-3-1;1-2/h1-2H,3H2;1-2H2. The van der Waals surface area contributed by atoms with Gasteiger partial charge in [0, 0.05) is 5.75 Å². The number of hydrogen-bond acceptors (Lipinski definition) is 2. The average molecular weight is 132 g/mol. The van der Waals surface area contributed by atoms with Gasteiger partial charge in [-0.25, -0.2) is 0 Å². The van der Waals surface area contributed by atoms with E-state index in [1.54, 1.807) is 0 Å². The van der Waals surface area contributed by atoms with Crippen LogP contribution in [0.15, 0.2) is 24.6 Å². The molecule has 0 bridgehead atoms. The summed E-state index contributed by atoms with van der Waals surface area (Å²) in [5.41, 5.74) is 0. The minimum absolute atomic E-state index is 1.20. The molecular weight excluding hydrogens is 124 g/mol. The van der Waals surface area contributed by atoms with Gasteiger partial charge >= 0.3 is 0 Å². The molecule has 40 valence electrons. The van der Waals surface area contributed by atoms with Crippen LogP contribution in [0.2, 0.25) is 0 Å². The number of hydrogen-bond donors (Lipinski definition) is 0. The first-order valence-corrected chi connectivity index (χ1v) is 4.31. The quantitative estimate of drug-likeness (QED) is 0.367. The second-order valence-electron chi connectivity index (χ2n) is 0.753. The molecule has 1 rings (SSSR count). The summed E-state index contributed by atoms with van der Waals surface area (Å²) < 4.78 is 0. The molecule has 1 heterocycles. The van der Waals surface area contributed by atoms with Crippen LogP contribution in [0.5, 0.6) is 0 Å². The topological polar surface area (TPSA) is 0 Å². The average Bonchev–Trinajstić information content (AvgIpc) is 2.23. The highest BCUT2D eigenvalue weighted by Gasteiger charge is 1.85. The predicted molar refractivity (Wildman–Crippen MR) is 40.4 cm³/mol.